The third kappa shape index (κ3) is 4.97. The average molecular weight is 660 g/mol. The Kier molecular flexibility index (Phi) is 8.46. The van der Waals surface area contributed by atoms with Crippen LogP contribution < -0.4 is 4.90 Å². The summed E-state index contributed by atoms with van der Waals surface area (Å²) >= 11 is 3.69. The van der Waals surface area contributed by atoms with Crippen LogP contribution in [0.2, 0.25) is 0 Å². The van der Waals surface area contributed by atoms with Crippen molar-refractivity contribution in [2.24, 2.45) is 11.8 Å². The zero-order valence-corrected chi connectivity index (χ0v) is 25.8. The van der Waals surface area contributed by atoms with E-state index in [2.05, 4.69) is 29.1 Å². The summed E-state index contributed by atoms with van der Waals surface area (Å²) in [6.45, 7) is 7.34. The molecule has 228 valence electrons. The highest BCUT2D eigenvalue weighted by atomic mass is 79.9. The molecular weight excluding hydrogens is 624 g/mol. The number of anilines is 1. The van der Waals surface area contributed by atoms with Crippen LogP contribution in [0.25, 0.3) is 10.8 Å². The van der Waals surface area contributed by atoms with E-state index in [4.69, 9.17) is 9.47 Å². The number of amides is 2. The van der Waals surface area contributed by atoms with Crippen LogP contribution in [0.4, 0.5) is 5.69 Å². The summed E-state index contributed by atoms with van der Waals surface area (Å²) in [6, 6.07) is 21.3. The Hall–Kier alpha value is -3.79. The molecule has 6 rings (SSSR count). The van der Waals surface area contributed by atoms with Crippen molar-refractivity contribution in [3.05, 3.63) is 104 Å². The van der Waals surface area contributed by atoms with Gasteiger partial charge in [-0.2, -0.15) is 0 Å². The highest BCUT2D eigenvalue weighted by molar-refractivity contribution is 9.09. The van der Waals surface area contributed by atoms with Crippen molar-refractivity contribution < 1.29 is 29.0 Å². The second kappa shape index (κ2) is 12.3. The number of carbonyl (C=O) groups is 3. The van der Waals surface area contributed by atoms with Crippen molar-refractivity contribution in [3.63, 3.8) is 0 Å². The van der Waals surface area contributed by atoms with Crippen LogP contribution in [-0.2, 0) is 30.3 Å². The monoisotopic (exact) mass is 658 g/mol. The van der Waals surface area contributed by atoms with Crippen LogP contribution in [-0.4, -0.2) is 76.2 Å². The quantitative estimate of drug-likeness (QED) is 0.186. The first kappa shape index (κ1) is 30.2. The molecule has 1 N–H and O–H groups in total. The molecule has 0 aromatic heterocycles. The molecule has 0 saturated carbocycles. The van der Waals surface area contributed by atoms with Gasteiger partial charge in [0.15, 0.2) is 0 Å². The molecule has 1 spiro atoms. The Morgan fingerprint density at radius 1 is 1.09 bits per heavy atom. The molecule has 8 nitrogen and oxygen atoms in total. The predicted molar refractivity (Wildman–Crippen MR) is 171 cm³/mol. The van der Waals surface area contributed by atoms with Gasteiger partial charge in [-0.05, 0) is 41.3 Å². The summed E-state index contributed by atoms with van der Waals surface area (Å²) in [4.78, 5) is 45.8. The van der Waals surface area contributed by atoms with Crippen molar-refractivity contribution in [1.82, 2.24) is 4.90 Å². The maximum absolute atomic E-state index is 15.0. The standard InChI is InChI=1S/C35H35BrN2O6/c1-3-16-37(25-15-14-23-12-8-9-13-24(23)19-25)33(41)31-35-20-27(36)30(44-35)28(34(42)43-17-4-2)29(35)32(40)38(31)26(21-39)18-22-10-6-5-7-11-22/h3-15,19,26-31,39H,1-2,16-18,20-21H2/t26-,27?,28+,29+,30+,31?,35?/m1/s1. The molecule has 3 aliphatic rings. The molecule has 7 atom stereocenters. The fraction of sp³-hybridized carbons (Fsp3) is 0.343. The van der Waals surface area contributed by atoms with Gasteiger partial charge in [0, 0.05) is 17.1 Å². The maximum Gasteiger partial charge on any atom is 0.312 e. The molecule has 3 unspecified atom stereocenters. The second-order valence-electron chi connectivity index (χ2n) is 11.6. The lowest BCUT2D eigenvalue weighted by Crippen LogP contribution is -2.59. The number of likely N-dealkylation sites (tertiary alicyclic amines) is 1. The molecular formula is C35H35BrN2O6. The topological polar surface area (TPSA) is 96.4 Å². The predicted octanol–water partition coefficient (Wildman–Crippen LogP) is 4.44. The van der Waals surface area contributed by atoms with E-state index in [0.717, 1.165) is 16.3 Å². The van der Waals surface area contributed by atoms with Gasteiger partial charge in [-0.25, -0.2) is 0 Å². The van der Waals surface area contributed by atoms with Crippen molar-refractivity contribution >= 4 is 50.2 Å². The lowest BCUT2D eigenvalue weighted by molar-refractivity contribution is -0.154. The molecule has 3 fully saturated rings. The second-order valence-corrected chi connectivity index (χ2v) is 12.8. The molecule has 44 heavy (non-hydrogen) atoms. The molecule has 3 aromatic rings. The zero-order chi connectivity index (χ0) is 31.0. The molecule has 3 aliphatic heterocycles. The van der Waals surface area contributed by atoms with E-state index in [9.17, 15) is 19.5 Å². The Morgan fingerprint density at radius 2 is 1.82 bits per heavy atom. The van der Waals surface area contributed by atoms with E-state index in [1.807, 2.05) is 72.8 Å². The zero-order valence-electron chi connectivity index (χ0n) is 24.3. The van der Waals surface area contributed by atoms with Crippen molar-refractivity contribution in [1.29, 1.82) is 0 Å². The fourth-order valence-electron chi connectivity index (χ4n) is 7.33. The minimum absolute atomic E-state index is 0.00264. The van der Waals surface area contributed by atoms with Gasteiger partial charge in [0.25, 0.3) is 5.91 Å². The van der Waals surface area contributed by atoms with E-state index in [0.29, 0.717) is 18.5 Å². The van der Waals surface area contributed by atoms with Crippen LogP contribution in [0.5, 0.6) is 0 Å². The van der Waals surface area contributed by atoms with Crippen molar-refractivity contribution in [3.8, 4) is 0 Å². The summed E-state index contributed by atoms with van der Waals surface area (Å²) in [5, 5.41) is 12.7. The summed E-state index contributed by atoms with van der Waals surface area (Å²) in [7, 11) is 0. The molecule has 0 radical (unpaired) electrons. The number of halogens is 1. The molecule has 3 aromatic carbocycles. The number of carbonyl (C=O) groups excluding carboxylic acids is 3. The van der Waals surface area contributed by atoms with E-state index in [-0.39, 0.29) is 30.5 Å². The number of hydrogen-bond acceptors (Lipinski definition) is 6. The first-order chi connectivity index (χ1) is 21.3. The Balaban J connectivity index is 1.46. The summed E-state index contributed by atoms with van der Waals surface area (Å²) < 4.78 is 12.1. The number of aliphatic hydroxyl groups is 1. The van der Waals surface area contributed by atoms with Gasteiger partial charge in [0.1, 0.15) is 18.2 Å². The van der Waals surface area contributed by atoms with Crippen LogP contribution in [0.15, 0.2) is 98.1 Å². The normalized spacial score (nSPS) is 27.6. The van der Waals surface area contributed by atoms with Gasteiger partial charge in [0.2, 0.25) is 5.91 Å². The average Bonchev–Trinajstić information content (AvgIpc) is 3.64. The van der Waals surface area contributed by atoms with Crippen molar-refractivity contribution in [2.45, 2.75) is 41.5 Å². The lowest BCUT2D eigenvalue weighted by atomic mass is 9.70. The lowest BCUT2D eigenvalue weighted by Gasteiger charge is -2.39. The Bertz CT molecular complexity index is 1600. The Morgan fingerprint density at radius 3 is 2.52 bits per heavy atom. The van der Waals surface area contributed by atoms with Crippen LogP contribution in [0.3, 0.4) is 0 Å². The SMILES string of the molecule is C=CCOC(=O)[C@H]1[C@H]2C(=O)N([C@@H](CO)Cc3ccccc3)C(C(=O)N(CC=C)c3ccc4ccccc4c3)C23CC(Br)[C@@H]1O3. The summed E-state index contributed by atoms with van der Waals surface area (Å²) in [5.74, 6) is -3.17. The number of nitrogens with zero attached hydrogens (tertiary/aromatic N) is 2. The van der Waals surface area contributed by atoms with Crippen LogP contribution in [0.1, 0.15) is 12.0 Å². The van der Waals surface area contributed by atoms with Gasteiger partial charge in [-0.15, -0.1) is 6.58 Å². The number of fused-ring (bicyclic) bond motifs is 2. The first-order valence-corrected chi connectivity index (χ1v) is 15.7. The van der Waals surface area contributed by atoms with Crippen molar-refractivity contribution in [2.75, 3.05) is 24.7 Å². The fourth-order valence-corrected chi connectivity index (χ4v) is 8.27. The highest BCUT2D eigenvalue weighted by Crippen LogP contribution is 2.61. The van der Waals surface area contributed by atoms with Crippen LogP contribution in [0, 0.1) is 11.8 Å². The van der Waals surface area contributed by atoms with Gasteiger partial charge in [-0.1, -0.05) is 95.3 Å². The highest BCUT2D eigenvalue weighted by Gasteiger charge is 2.77. The third-order valence-electron chi connectivity index (χ3n) is 9.12. The molecule has 2 bridgehead atoms. The van der Waals surface area contributed by atoms with Gasteiger partial charge < -0.3 is 24.4 Å². The van der Waals surface area contributed by atoms with Crippen LogP contribution >= 0.6 is 15.9 Å². The van der Waals surface area contributed by atoms with Gasteiger partial charge >= 0.3 is 5.97 Å². The molecule has 3 heterocycles. The van der Waals surface area contributed by atoms with E-state index < -0.39 is 47.5 Å². The minimum Gasteiger partial charge on any atom is -0.461 e. The molecule has 3 saturated heterocycles. The van der Waals surface area contributed by atoms with Gasteiger partial charge in [0.05, 0.1) is 30.6 Å². The molecule has 2 amide bonds. The van der Waals surface area contributed by atoms with E-state index >= 15 is 0 Å². The summed E-state index contributed by atoms with van der Waals surface area (Å²) in [5.41, 5.74) is 0.253. The van der Waals surface area contributed by atoms with E-state index in [1.165, 1.54) is 11.0 Å². The summed E-state index contributed by atoms with van der Waals surface area (Å²) in [6.07, 6.45) is 3.14. The number of ether oxygens (including phenoxy) is 2. The molecule has 9 heteroatoms. The van der Waals surface area contributed by atoms with E-state index in [1.54, 1.807) is 11.0 Å². The number of benzene rings is 3. The first-order valence-electron chi connectivity index (χ1n) is 14.8. The van der Waals surface area contributed by atoms with Gasteiger partial charge in [-0.3, -0.25) is 14.4 Å². The number of aliphatic hydroxyl groups excluding tert-OH is 1. The smallest absolute Gasteiger partial charge is 0.312 e. The number of alkyl halides is 1. The maximum atomic E-state index is 15.0. The third-order valence-corrected chi connectivity index (χ3v) is 9.96. The largest absolute Gasteiger partial charge is 0.461 e. The minimum atomic E-state index is -1.30. The number of esters is 1. The molecule has 0 aliphatic carbocycles. The Labute approximate surface area is 265 Å². The number of hydrogen-bond donors (Lipinski definition) is 1. The number of rotatable bonds is 11.